The van der Waals surface area contributed by atoms with Crippen molar-refractivity contribution >= 4 is 21.8 Å². The molecule has 3 saturated heterocycles. The van der Waals surface area contributed by atoms with Crippen LogP contribution in [0.5, 0.6) is 0 Å². The number of nitrogens with zero attached hydrogens (tertiary/aromatic N) is 2. The number of sulfonamides is 1. The van der Waals surface area contributed by atoms with Crippen molar-refractivity contribution in [1.82, 2.24) is 14.5 Å². The Balaban J connectivity index is 1.94. The molecule has 0 saturated carbocycles. The largest absolute Gasteiger partial charge is 0.336 e. The molecule has 3 atom stereocenters. The quantitative estimate of drug-likeness (QED) is 0.736. The van der Waals surface area contributed by atoms with Crippen LogP contribution >= 0.6 is 0 Å². The van der Waals surface area contributed by atoms with Gasteiger partial charge in [-0.2, -0.15) is 0 Å². The van der Waals surface area contributed by atoms with Crippen LogP contribution in [0.1, 0.15) is 20.3 Å². The first kappa shape index (κ1) is 15.7. The minimum atomic E-state index is -3.60. The number of likely N-dealkylation sites (tertiary alicyclic amines) is 1. The molecule has 0 aliphatic carbocycles. The zero-order chi connectivity index (χ0) is 16.2. The van der Waals surface area contributed by atoms with Crippen molar-refractivity contribution < 1.29 is 18.0 Å². The highest BCUT2D eigenvalue weighted by Gasteiger charge is 2.58. The van der Waals surface area contributed by atoms with Gasteiger partial charge in [-0.25, -0.2) is 12.7 Å². The van der Waals surface area contributed by atoms with Crippen molar-refractivity contribution in [1.29, 1.82) is 0 Å². The molecule has 3 fully saturated rings. The Morgan fingerprint density at radius 3 is 2.41 bits per heavy atom. The molecule has 0 bridgehead atoms. The number of carbonyl (C=O) groups excluding carboxylic acids is 2. The maximum atomic E-state index is 12.6. The van der Waals surface area contributed by atoms with Gasteiger partial charge in [0, 0.05) is 19.6 Å². The molecule has 0 aromatic carbocycles. The lowest BCUT2D eigenvalue weighted by atomic mass is 9.87. The van der Waals surface area contributed by atoms with E-state index in [0.717, 1.165) is 10.6 Å². The molecule has 3 rings (SSSR count). The van der Waals surface area contributed by atoms with Gasteiger partial charge in [0.2, 0.25) is 21.8 Å². The number of hydrogen-bond acceptors (Lipinski definition) is 5. The monoisotopic (exact) mass is 329 g/mol. The fourth-order valence-corrected chi connectivity index (χ4v) is 5.16. The van der Waals surface area contributed by atoms with Gasteiger partial charge in [-0.05, 0) is 12.3 Å². The third-order valence-electron chi connectivity index (χ3n) is 5.08. The molecule has 0 unspecified atom stereocenters. The summed E-state index contributed by atoms with van der Waals surface area (Å²) in [7, 11) is -3.60. The molecule has 1 N–H and O–H groups in total. The van der Waals surface area contributed by atoms with E-state index in [-0.39, 0.29) is 29.7 Å². The van der Waals surface area contributed by atoms with Crippen LogP contribution in [0.15, 0.2) is 0 Å². The molecule has 8 heteroatoms. The molecular formula is C14H23N3O4S. The fourth-order valence-electron chi connectivity index (χ4n) is 3.99. The Bertz CT molecular complexity index is 599. The highest BCUT2D eigenvalue weighted by Crippen LogP contribution is 2.41. The second-order valence-corrected chi connectivity index (χ2v) is 8.76. The number of rotatable bonds is 3. The SMILES string of the molecule is CC(C)[C@H]1C(=O)N(S(C)(=O)=O)[C@H]2CCN(C(=O)C3CNC3)[C@H]12. The molecule has 22 heavy (non-hydrogen) atoms. The predicted molar refractivity (Wildman–Crippen MR) is 80.3 cm³/mol. The van der Waals surface area contributed by atoms with Crippen molar-refractivity contribution in [2.24, 2.45) is 17.8 Å². The zero-order valence-corrected chi connectivity index (χ0v) is 14.0. The molecular weight excluding hydrogens is 306 g/mol. The highest BCUT2D eigenvalue weighted by atomic mass is 32.2. The predicted octanol–water partition coefficient (Wildman–Crippen LogP) is -0.751. The van der Waals surface area contributed by atoms with E-state index in [9.17, 15) is 18.0 Å². The Hall–Kier alpha value is -1.15. The second kappa shape index (κ2) is 5.19. The first-order valence-electron chi connectivity index (χ1n) is 7.78. The summed E-state index contributed by atoms with van der Waals surface area (Å²) < 4.78 is 25.1. The zero-order valence-electron chi connectivity index (χ0n) is 13.2. The van der Waals surface area contributed by atoms with E-state index in [4.69, 9.17) is 0 Å². The number of hydrogen-bond donors (Lipinski definition) is 1. The van der Waals surface area contributed by atoms with Gasteiger partial charge >= 0.3 is 0 Å². The summed E-state index contributed by atoms with van der Waals surface area (Å²) in [6, 6.07) is -0.706. The van der Waals surface area contributed by atoms with Crippen LogP contribution in [-0.4, -0.2) is 67.4 Å². The summed E-state index contributed by atoms with van der Waals surface area (Å²) in [5.74, 6) is -0.760. The van der Waals surface area contributed by atoms with E-state index in [1.807, 2.05) is 13.8 Å². The topological polar surface area (TPSA) is 86.8 Å². The van der Waals surface area contributed by atoms with Gasteiger partial charge in [-0.1, -0.05) is 13.8 Å². The Kier molecular flexibility index (Phi) is 3.71. The van der Waals surface area contributed by atoms with Gasteiger partial charge in [0.25, 0.3) is 0 Å². The van der Waals surface area contributed by atoms with Crippen LogP contribution in [-0.2, 0) is 19.6 Å². The van der Waals surface area contributed by atoms with E-state index in [2.05, 4.69) is 5.32 Å². The number of amides is 2. The summed E-state index contributed by atoms with van der Waals surface area (Å²) in [6.45, 7) is 5.70. The van der Waals surface area contributed by atoms with E-state index in [0.29, 0.717) is 26.1 Å². The maximum Gasteiger partial charge on any atom is 0.241 e. The number of nitrogens with one attached hydrogen (secondary N) is 1. The number of carbonyl (C=O) groups is 2. The summed E-state index contributed by atoms with van der Waals surface area (Å²) >= 11 is 0. The molecule has 0 aromatic rings. The van der Waals surface area contributed by atoms with Crippen LogP contribution in [0.4, 0.5) is 0 Å². The molecule has 2 amide bonds. The van der Waals surface area contributed by atoms with Gasteiger partial charge in [-0.3, -0.25) is 9.59 Å². The van der Waals surface area contributed by atoms with Crippen LogP contribution < -0.4 is 5.32 Å². The lowest BCUT2D eigenvalue weighted by molar-refractivity contribution is -0.139. The minimum absolute atomic E-state index is 0.000310. The van der Waals surface area contributed by atoms with E-state index < -0.39 is 22.0 Å². The molecule has 0 radical (unpaired) electrons. The summed E-state index contributed by atoms with van der Waals surface area (Å²) in [6.07, 6.45) is 1.61. The van der Waals surface area contributed by atoms with Gasteiger partial charge < -0.3 is 10.2 Å². The van der Waals surface area contributed by atoms with Crippen LogP contribution in [0.25, 0.3) is 0 Å². The van der Waals surface area contributed by atoms with E-state index >= 15 is 0 Å². The van der Waals surface area contributed by atoms with Crippen molar-refractivity contribution in [2.45, 2.75) is 32.4 Å². The molecule has 0 aromatic heterocycles. The first-order valence-corrected chi connectivity index (χ1v) is 9.62. The Morgan fingerprint density at radius 2 is 1.95 bits per heavy atom. The number of fused-ring (bicyclic) bond motifs is 1. The maximum absolute atomic E-state index is 12.6. The molecule has 3 heterocycles. The second-order valence-electron chi connectivity index (χ2n) is 6.90. The van der Waals surface area contributed by atoms with Crippen LogP contribution in [0.2, 0.25) is 0 Å². The molecule has 3 aliphatic heterocycles. The molecule has 3 aliphatic rings. The van der Waals surface area contributed by atoms with Gasteiger partial charge in [0.05, 0.1) is 30.2 Å². The van der Waals surface area contributed by atoms with Gasteiger partial charge in [-0.15, -0.1) is 0 Å². The third kappa shape index (κ3) is 2.23. The Labute approximate surface area is 131 Å². The minimum Gasteiger partial charge on any atom is -0.336 e. The van der Waals surface area contributed by atoms with Crippen molar-refractivity contribution in [3.8, 4) is 0 Å². The van der Waals surface area contributed by atoms with Gasteiger partial charge in [0.15, 0.2) is 0 Å². The standard InChI is InChI=1S/C14H23N3O4S/c1-8(2)11-12-10(17(14(11)19)22(3,20)21)4-5-16(12)13(18)9-6-15-7-9/h8-12,15H,4-7H2,1-3H3/t10-,11+,12-/m0/s1. The smallest absolute Gasteiger partial charge is 0.241 e. The normalized spacial score (nSPS) is 32.5. The van der Waals surface area contributed by atoms with E-state index in [1.165, 1.54) is 0 Å². The summed E-state index contributed by atoms with van der Waals surface area (Å²) in [4.78, 5) is 27.0. The van der Waals surface area contributed by atoms with Crippen molar-refractivity contribution in [3.05, 3.63) is 0 Å². The first-order chi connectivity index (χ1) is 10.2. The highest BCUT2D eigenvalue weighted by molar-refractivity contribution is 7.88. The summed E-state index contributed by atoms with van der Waals surface area (Å²) in [5, 5.41) is 3.08. The molecule has 0 spiro atoms. The lowest BCUT2D eigenvalue weighted by Gasteiger charge is -2.35. The van der Waals surface area contributed by atoms with Crippen molar-refractivity contribution in [3.63, 3.8) is 0 Å². The van der Waals surface area contributed by atoms with Gasteiger partial charge in [0.1, 0.15) is 0 Å². The lowest BCUT2D eigenvalue weighted by Crippen LogP contribution is -2.55. The van der Waals surface area contributed by atoms with Crippen LogP contribution in [0, 0.1) is 17.8 Å². The van der Waals surface area contributed by atoms with Crippen LogP contribution in [0.3, 0.4) is 0 Å². The third-order valence-corrected chi connectivity index (χ3v) is 6.25. The van der Waals surface area contributed by atoms with E-state index in [1.54, 1.807) is 4.90 Å². The molecule has 124 valence electrons. The van der Waals surface area contributed by atoms with Crippen molar-refractivity contribution in [2.75, 3.05) is 25.9 Å². The fraction of sp³-hybridized carbons (Fsp3) is 0.857. The Morgan fingerprint density at radius 1 is 1.32 bits per heavy atom. The average Bonchev–Trinajstić information content (AvgIpc) is 2.80. The summed E-state index contributed by atoms with van der Waals surface area (Å²) in [5.41, 5.74) is 0. The molecule has 7 nitrogen and oxygen atoms in total. The average molecular weight is 329 g/mol.